The second-order valence-electron chi connectivity index (χ2n) is 7.02. The van der Waals surface area contributed by atoms with Crippen molar-refractivity contribution < 1.29 is 24.8 Å². The third-order valence-electron chi connectivity index (χ3n) is 4.66. The van der Waals surface area contributed by atoms with E-state index in [1.807, 2.05) is 0 Å². The first-order chi connectivity index (χ1) is 12.2. The fourth-order valence-corrected chi connectivity index (χ4v) is 3.01. The zero-order chi connectivity index (χ0) is 18.3. The highest BCUT2D eigenvalue weighted by atomic mass is 16.5. The molecule has 148 valence electrons. The molecule has 0 aromatic carbocycles. The van der Waals surface area contributed by atoms with Gasteiger partial charge >= 0.3 is 0 Å². The van der Waals surface area contributed by atoms with Crippen molar-refractivity contribution in [1.29, 1.82) is 0 Å². The van der Waals surface area contributed by atoms with Gasteiger partial charge in [0.05, 0.1) is 13.2 Å². The number of aliphatic hydroxyl groups is 3. The maximum Gasteiger partial charge on any atom is 0.114 e. The summed E-state index contributed by atoms with van der Waals surface area (Å²) in [6, 6.07) is 0. The second-order valence-corrected chi connectivity index (χ2v) is 7.02. The minimum absolute atomic E-state index is 0.0646. The summed E-state index contributed by atoms with van der Waals surface area (Å²) < 4.78 is 10.6. The smallest absolute Gasteiger partial charge is 0.114 e. The third kappa shape index (κ3) is 10.3. The van der Waals surface area contributed by atoms with Crippen LogP contribution < -0.4 is 0 Å². The molecule has 1 fully saturated rings. The average molecular weight is 359 g/mol. The Kier molecular flexibility index (Phi) is 13.3. The molecule has 1 rings (SSSR count). The molecule has 5 nitrogen and oxygen atoms in total. The van der Waals surface area contributed by atoms with Crippen LogP contribution in [0.4, 0.5) is 0 Å². The maximum atomic E-state index is 9.90. The first kappa shape index (κ1) is 22.6. The minimum Gasteiger partial charge on any atom is -0.388 e. The van der Waals surface area contributed by atoms with Gasteiger partial charge in [-0.25, -0.2) is 0 Å². The van der Waals surface area contributed by atoms with Gasteiger partial charge in [-0.15, -0.1) is 0 Å². The second kappa shape index (κ2) is 14.7. The highest BCUT2D eigenvalue weighted by Crippen LogP contribution is 2.17. The van der Waals surface area contributed by atoms with Crippen LogP contribution in [0.1, 0.15) is 71.1 Å². The van der Waals surface area contributed by atoms with Crippen LogP contribution in [-0.4, -0.2) is 59.6 Å². The van der Waals surface area contributed by atoms with Gasteiger partial charge in [0.1, 0.15) is 24.4 Å². The normalized spacial score (nSPS) is 25.0. The van der Waals surface area contributed by atoms with E-state index in [4.69, 9.17) is 9.47 Å². The summed E-state index contributed by atoms with van der Waals surface area (Å²) >= 11 is 0. The summed E-state index contributed by atoms with van der Waals surface area (Å²) in [5.74, 6) is 0. The lowest BCUT2D eigenvalue weighted by atomic mass is 10.1. The molecule has 3 N–H and O–H groups in total. The van der Waals surface area contributed by atoms with Crippen LogP contribution in [-0.2, 0) is 9.47 Å². The van der Waals surface area contributed by atoms with Crippen molar-refractivity contribution in [1.82, 2.24) is 0 Å². The number of rotatable bonds is 15. The Labute approximate surface area is 153 Å². The van der Waals surface area contributed by atoms with E-state index in [1.54, 1.807) is 0 Å². The van der Waals surface area contributed by atoms with Crippen LogP contribution in [0.25, 0.3) is 0 Å². The van der Waals surface area contributed by atoms with E-state index in [0.717, 1.165) is 25.7 Å². The van der Waals surface area contributed by atoms with Gasteiger partial charge < -0.3 is 24.8 Å². The van der Waals surface area contributed by atoms with Gasteiger partial charge in [0, 0.05) is 6.61 Å². The van der Waals surface area contributed by atoms with Crippen LogP contribution in [0.5, 0.6) is 0 Å². The molecule has 0 unspecified atom stereocenters. The van der Waals surface area contributed by atoms with E-state index in [0.29, 0.717) is 6.61 Å². The fourth-order valence-electron chi connectivity index (χ4n) is 3.01. The van der Waals surface area contributed by atoms with E-state index in [-0.39, 0.29) is 13.2 Å². The van der Waals surface area contributed by atoms with E-state index >= 15 is 0 Å². The van der Waals surface area contributed by atoms with Crippen LogP contribution in [0.15, 0.2) is 12.2 Å². The number of unbranched alkanes of at least 4 members (excludes halogenated alkanes) is 8. The van der Waals surface area contributed by atoms with Gasteiger partial charge in [-0.05, 0) is 32.1 Å². The standard InChI is InChI=1S/C20H38O5/c1-2-3-4-5-6-7-8-9-10-11-12-13-14-24-15-18(22)20-19(23)17(21)16-25-20/h8-9,17-23H,2-7,10-16H2,1H3/b9-8+/t17-,18+,19+,20+/m1/s1. The van der Waals surface area contributed by atoms with Gasteiger partial charge in [-0.1, -0.05) is 51.2 Å². The number of hydrogen-bond donors (Lipinski definition) is 3. The van der Waals surface area contributed by atoms with Crippen molar-refractivity contribution in [2.45, 2.75) is 95.5 Å². The molecule has 0 amide bonds. The van der Waals surface area contributed by atoms with Gasteiger partial charge in [0.15, 0.2) is 0 Å². The van der Waals surface area contributed by atoms with Gasteiger partial charge in [-0.3, -0.25) is 0 Å². The van der Waals surface area contributed by atoms with Crippen LogP contribution in [0.2, 0.25) is 0 Å². The Hall–Kier alpha value is -0.460. The molecule has 0 bridgehead atoms. The van der Waals surface area contributed by atoms with E-state index in [2.05, 4.69) is 19.1 Å². The highest BCUT2D eigenvalue weighted by molar-refractivity contribution is 4.87. The highest BCUT2D eigenvalue weighted by Gasteiger charge is 2.39. The molecular formula is C20H38O5. The SMILES string of the molecule is CCCCCCC/C=C/CCCCCOC[C@H](O)[C@@H]1OC[C@@H](O)[C@@H]1O. The van der Waals surface area contributed by atoms with E-state index < -0.39 is 24.4 Å². The Balaban J connectivity index is 1.86. The molecule has 1 saturated heterocycles. The minimum atomic E-state index is -1.03. The molecule has 25 heavy (non-hydrogen) atoms. The molecule has 4 atom stereocenters. The quantitative estimate of drug-likeness (QED) is 0.310. The van der Waals surface area contributed by atoms with Crippen molar-refractivity contribution >= 4 is 0 Å². The predicted octanol–water partition coefficient (Wildman–Crippen LogP) is 2.96. The zero-order valence-electron chi connectivity index (χ0n) is 15.8. The lowest BCUT2D eigenvalue weighted by Crippen LogP contribution is -2.40. The van der Waals surface area contributed by atoms with Gasteiger partial charge in [0.25, 0.3) is 0 Å². The number of ether oxygens (including phenoxy) is 2. The van der Waals surface area contributed by atoms with Crippen molar-refractivity contribution in [2.75, 3.05) is 19.8 Å². The number of allylic oxidation sites excluding steroid dienone is 2. The molecule has 0 saturated carbocycles. The van der Waals surface area contributed by atoms with E-state index in [1.165, 1.54) is 38.5 Å². The number of aliphatic hydroxyl groups excluding tert-OH is 3. The maximum absolute atomic E-state index is 9.90. The lowest BCUT2D eigenvalue weighted by Gasteiger charge is -2.20. The van der Waals surface area contributed by atoms with Crippen molar-refractivity contribution in [2.24, 2.45) is 0 Å². The van der Waals surface area contributed by atoms with Gasteiger partial charge in [-0.2, -0.15) is 0 Å². The molecule has 0 spiro atoms. The summed E-state index contributed by atoms with van der Waals surface area (Å²) in [5, 5.41) is 28.9. The topological polar surface area (TPSA) is 79.2 Å². The molecule has 1 heterocycles. The third-order valence-corrected chi connectivity index (χ3v) is 4.66. The molecule has 1 aliphatic heterocycles. The summed E-state index contributed by atoms with van der Waals surface area (Å²) in [5.41, 5.74) is 0. The molecule has 5 heteroatoms. The monoisotopic (exact) mass is 358 g/mol. The van der Waals surface area contributed by atoms with Crippen LogP contribution in [0, 0.1) is 0 Å². The molecule has 1 aliphatic rings. The Bertz CT molecular complexity index is 334. The molecule has 0 aromatic heterocycles. The average Bonchev–Trinajstić information content (AvgIpc) is 2.94. The van der Waals surface area contributed by atoms with Crippen molar-refractivity contribution in [3.8, 4) is 0 Å². The van der Waals surface area contributed by atoms with Crippen molar-refractivity contribution in [3.05, 3.63) is 12.2 Å². The van der Waals surface area contributed by atoms with Crippen LogP contribution in [0.3, 0.4) is 0 Å². The predicted molar refractivity (Wildman–Crippen MR) is 99.6 cm³/mol. The Morgan fingerprint density at radius 3 is 2.24 bits per heavy atom. The van der Waals surface area contributed by atoms with Gasteiger partial charge in [0.2, 0.25) is 0 Å². The fraction of sp³-hybridized carbons (Fsp3) is 0.900. The number of hydrogen-bond acceptors (Lipinski definition) is 5. The molecular weight excluding hydrogens is 320 g/mol. The Morgan fingerprint density at radius 1 is 1.00 bits per heavy atom. The summed E-state index contributed by atoms with van der Waals surface area (Å²) in [6.07, 6.45) is 13.3. The summed E-state index contributed by atoms with van der Waals surface area (Å²) in [7, 11) is 0. The molecule has 0 aliphatic carbocycles. The Morgan fingerprint density at radius 2 is 1.64 bits per heavy atom. The summed E-state index contributed by atoms with van der Waals surface area (Å²) in [6.45, 7) is 3.04. The molecule has 0 radical (unpaired) electrons. The zero-order valence-corrected chi connectivity index (χ0v) is 15.8. The largest absolute Gasteiger partial charge is 0.388 e. The van der Waals surface area contributed by atoms with Crippen LogP contribution >= 0.6 is 0 Å². The molecule has 0 aromatic rings. The lowest BCUT2D eigenvalue weighted by molar-refractivity contribution is -0.0813. The van der Waals surface area contributed by atoms with E-state index in [9.17, 15) is 15.3 Å². The van der Waals surface area contributed by atoms with Crippen molar-refractivity contribution in [3.63, 3.8) is 0 Å². The summed E-state index contributed by atoms with van der Waals surface area (Å²) in [4.78, 5) is 0. The first-order valence-electron chi connectivity index (χ1n) is 10.0. The first-order valence-corrected chi connectivity index (χ1v) is 10.0.